The number of aromatic hydroxyl groups is 1. The minimum atomic E-state index is -2.23. The quantitative estimate of drug-likeness (QED) is 0.0384. The summed E-state index contributed by atoms with van der Waals surface area (Å²) in [6.07, 6.45) is -69.7. The molecule has 21 saturated heterocycles. The molecule has 21 aliphatic heterocycles. The van der Waals surface area contributed by atoms with Crippen LogP contribution >= 0.6 is 0 Å². The molecule has 0 spiro atoms. The highest BCUT2D eigenvalue weighted by Gasteiger charge is 2.60. The van der Waals surface area contributed by atoms with E-state index in [1.807, 2.05) is 0 Å². The Morgan fingerprint density at radius 1 is 0.343 bits per heavy atom. The van der Waals surface area contributed by atoms with Crippen LogP contribution in [0.5, 0.6) is 5.75 Å². The first-order chi connectivity index (χ1) is 50.4. The van der Waals surface area contributed by atoms with Crippen LogP contribution in [0.1, 0.15) is 23.2 Å². The predicted molar refractivity (Wildman–Crippen MR) is 336 cm³/mol. The van der Waals surface area contributed by atoms with Gasteiger partial charge < -0.3 is 194 Å². The highest BCUT2D eigenvalue weighted by Crippen LogP contribution is 2.39. The number of rotatable bonds is 22. The predicted octanol–water partition coefficient (Wildman–Crippen LogP) is -11.3. The summed E-state index contributed by atoms with van der Waals surface area (Å²) in [6, 6.07) is 12.7. The van der Waals surface area contributed by atoms with Gasteiger partial charge in [0.15, 0.2) is 44.0 Å². The van der Waals surface area contributed by atoms with Crippen molar-refractivity contribution < 1.29 is 188 Å². The average molecular weight is 1520 g/mol. The molecule has 105 heavy (non-hydrogen) atoms. The van der Waals surface area contributed by atoms with Crippen LogP contribution < -0.4 is 10.6 Å². The number of azo groups is 1. The summed E-state index contributed by atoms with van der Waals surface area (Å²) in [5.74, 6) is -0.310. The van der Waals surface area contributed by atoms with E-state index in [2.05, 4.69) is 20.9 Å². The number of hydrogen-bond donors (Lipinski definition) is 23. The van der Waals surface area contributed by atoms with Crippen molar-refractivity contribution in [2.75, 3.05) is 85.7 Å². The Morgan fingerprint density at radius 2 is 0.629 bits per heavy atom. The number of benzene rings is 2. The Kier molecular flexibility index (Phi) is 30.7. The zero-order valence-electron chi connectivity index (χ0n) is 56.2. The maximum absolute atomic E-state index is 13.0. The summed E-state index contributed by atoms with van der Waals surface area (Å²) in [5, 5.41) is 249. The van der Waals surface area contributed by atoms with Crippen molar-refractivity contribution in [2.45, 2.75) is 228 Å². The molecule has 2 aromatic rings. The average Bonchev–Trinajstić information content (AvgIpc) is 0.794. The number of aliphatic hydroxyl groups is 20. The van der Waals surface area contributed by atoms with Crippen molar-refractivity contribution >= 4 is 17.3 Å². The van der Waals surface area contributed by atoms with Gasteiger partial charge in [0.2, 0.25) is 0 Å². The number of nitrogens with one attached hydrogen (secondary N) is 2. The molecule has 42 heteroatoms. The molecule has 0 radical (unpaired) electrons. The highest BCUT2D eigenvalue weighted by molar-refractivity contribution is 5.98. The zero-order valence-corrected chi connectivity index (χ0v) is 56.2. The number of aliphatic hydroxyl groups excluding tert-OH is 20. The molecular formula is C63H96N4O38. The Bertz CT molecular complexity index is 2970. The van der Waals surface area contributed by atoms with Crippen LogP contribution in [-0.4, -0.2) is 414 Å². The second kappa shape index (κ2) is 38.7. The van der Waals surface area contributed by atoms with Crippen LogP contribution in [0.4, 0.5) is 11.4 Å². The van der Waals surface area contributed by atoms with Gasteiger partial charge in [0.05, 0.1) is 69.8 Å². The van der Waals surface area contributed by atoms with Crippen molar-refractivity contribution in [3.8, 4) is 5.75 Å². The smallest absolute Gasteiger partial charge is 0.253 e. The fourth-order valence-electron chi connectivity index (χ4n) is 13.2. The van der Waals surface area contributed by atoms with E-state index in [0.717, 1.165) is 0 Å². The molecule has 0 aromatic heterocycles. The second-order valence-electron chi connectivity index (χ2n) is 26.1. The first-order valence-electron chi connectivity index (χ1n) is 34.2. The van der Waals surface area contributed by atoms with Gasteiger partial charge >= 0.3 is 0 Å². The van der Waals surface area contributed by atoms with E-state index in [9.17, 15) is 112 Å². The first-order valence-corrected chi connectivity index (χ1v) is 34.2. The number of phenolic OH excluding ortho intramolecular Hbond substituents is 1. The van der Waals surface area contributed by atoms with Gasteiger partial charge in [-0.25, -0.2) is 0 Å². The molecule has 21 aliphatic rings. The number of carbonyl (C=O) groups is 1. The first kappa shape index (κ1) is 83.3. The fraction of sp³-hybridized carbons (Fsp3) is 0.794. The lowest BCUT2D eigenvalue weighted by atomic mass is 9.95. The normalized spacial score (nSPS) is 43.7. The molecule has 42 nitrogen and oxygen atoms in total. The number of hydrogen-bond acceptors (Lipinski definition) is 41. The summed E-state index contributed by atoms with van der Waals surface area (Å²) >= 11 is 0. The molecule has 23 rings (SSSR count). The summed E-state index contributed by atoms with van der Waals surface area (Å²) in [6.45, 7) is -5.46. The van der Waals surface area contributed by atoms with Gasteiger partial charge in [-0.1, -0.05) is 12.1 Å². The molecular weight excluding hydrogens is 1420 g/mol. The van der Waals surface area contributed by atoms with Crippen LogP contribution in [0.2, 0.25) is 0 Å². The number of phenols is 1. The SMILES string of the molecule is O=C(NCCCOCCOCCCNC[C@H]1O[C@@H]2O[C@H]3[C@H](O)[C@@H](O)[C@@H](O[C@H]4[C@H](O)[C@@H](O)[C@@H](O[C@H]5[C@H](O)[C@@H](O)[C@@H](O[C@H]6[C@H](O)[C@@H](O)[C@@H](O[C@H]7[C@H](O)[C@@H](O)[C@@H](O[C@H]8[C@H](O)[C@@H](O)[C@@H](O[C@H]1[C@H](O)[C@H]2O)O[C@@H]8CO)O[C@@H]7CO)O[C@@H]6CO)O[C@@H]5CO)O[C@@H]4CO)O[C@@H]3CO)c1ccccc1N=Nc1ccc(O)cc1. The Morgan fingerprint density at radius 3 is 0.943 bits per heavy atom. The Labute approximate surface area is 597 Å². The second-order valence-corrected chi connectivity index (χ2v) is 26.1. The fourth-order valence-corrected chi connectivity index (χ4v) is 13.2. The molecule has 0 aliphatic carbocycles. The molecule has 596 valence electrons. The third-order valence-corrected chi connectivity index (χ3v) is 19.0. The molecule has 0 unspecified atom stereocenters. The Balaban J connectivity index is 0.815. The van der Waals surface area contributed by atoms with Crippen LogP contribution in [0.3, 0.4) is 0 Å². The van der Waals surface area contributed by atoms with E-state index in [1.54, 1.807) is 36.4 Å². The van der Waals surface area contributed by atoms with Gasteiger partial charge in [0.1, 0.15) is 177 Å². The third kappa shape index (κ3) is 19.4. The maximum Gasteiger partial charge on any atom is 0.253 e. The monoisotopic (exact) mass is 1520 g/mol. The summed E-state index contributed by atoms with van der Waals surface area (Å²) in [7, 11) is 0. The minimum absolute atomic E-state index is 0.0672. The number of ether oxygens (including phenoxy) is 16. The van der Waals surface area contributed by atoms with Crippen molar-refractivity contribution in [3.63, 3.8) is 0 Å². The van der Waals surface area contributed by atoms with Crippen molar-refractivity contribution in [1.29, 1.82) is 0 Å². The van der Waals surface area contributed by atoms with Gasteiger partial charge in [-0.3, -0.25) is 4.79 Å². The molecule has 23 N–H and O–H groups in total. The molecule has 2 aromatic carbocycles. The van der Waals surface area contributed by atoms with Crippen LogP contribution in [0.25, 0.3) is 0 Å². The Hall–Kier alpha value is -4.17. The highest BCUT2D eigenvalue weighted by atomic mass is 16.8. The zero-order chi connectivity index (χ0) is 75.5. The number of amides is 1. The number of carbonyl (C=O) groups excluding carboxylic acids is 1. The topological polar surface area (TPSA) is 638 Å². The van der Waals surface area contributed by atoms with Crippen molar-refractivity contribution in [2.24, 2.45) is 10.2 Å². The molecule has 21 fully saturated rings. The van der Waals surface area contributed by atoms with Gasteiger partial charge in [-0.15, -0.1) is 5.11 Å². The van der Waals surface area contributed by atoms with Crippen molar-refractivity contribution in [3.05, 3.63) is 54.1 Å². The molecule has 35 atom stereocenters. The molecule has 0 saturated carbocycles. The summed E-state index contributed by atoms with van der Waals surface area (Å²) < 4.78 is 93.2. The van der Waals surface area contributed by atoms with Crippen molar-refractivity contribution in [1.82, 2.24) is 10.6 Å². The summed E-state index contributed by atoms with van der Waals surface area (Å²) in [4.78, 5) is 13.0. The molecule has 1 amide bonds. The lowest BCUT2D eigenvalue weighted by molar-refractivity contribution is -0.396. The van der Waals surface area contributed by atoms with Crippen LogP contribution in [0.15, 0.2) is 58.8 Å². The summed E-state index contributed by atoms with van der Waals surface area (Å²) in [5.41, 5.74) is 1.11. The third-order valence-electron chi connectivity index (χ3n) is 19.0. The van der Waals surface area contributed by atoms with Crippen LogP contribution in [-0.2, 0) is 75.8 Å². The molecule has 21 heterocycles. The lowest BCUT2D eigenvalue weighted by Gasteiger charge is -2.50. The minimum Gasteiger partial charge on any atom is -0.508 e. The van der Waals surface area contributed by atoms with Gasteiger partial charge in [0.25, 0.3) is 5.91 Å². The van der Waals surface area contributed by atoms with Crippen LogP contribution in [0, 0.1) is 0 Å². The van der Waals surface area contributed by atoms with Gasteiger partial charge in [-0.05, 0) is 55.8 Å². The van der Waals surface area contributed by atoms with Gasteiger partial charge in [0, 0.05) is 26.3 Å². The van der Waals surface area contributed by atoms with E-state index >= 15 is 0 Å². The standard InChI is InChI=1S/C63H96N4O38/c68-18-29-50-37(77)44(84)59(94-29)102-52-31(20-70)96-61(46(86)39(52)79)104-54-33(22-72)98-63(48(88)41(54)81)105-55-34(23-73)97-62(47(87)40(55)80)103-53-32(21-71)95-60(45(85)38(53)78)101-51-30(19-69)93-58(43(83)36(51)76)99-49-28(92-57(100-50)42(82)35(49)75)17-64-11-3-13-90-15-16-91-14-4-12-65-56(89)26-5-1-2-6-27(26)67-66-24-7-9-25(74)10-8-24/h1-2,5-10,28-55,57-64,68-88H,3-4,11-23H2,(H,65,89)/t28-,29-,30-,31-,32-,33-,34-,35-,36-,37-,38-,39-,40-,41-,42-,43-,44-,45-,46-,47-,48-,49-,50-,51-,52-,53-,54-,55-,57-,58-,59-,60-,61-,62-,63-/m1/s1. The molecule has 14 bridgehead atoms. The maximum atomic E-state index is 13.0. The van der Waals surface area contributed by atoms with E-state index in [1.165, 1.54) is 12.1 Å². The van der Waals surface area contributed by atoms with E-state index < -0.39 is 255 Å². The van der Waals surface area contributed by atoms with E-state index in [-0.39, 0.29) is 57.7 Å². The largest absolute Gasteiger partial charge is 0.508 e. The van der Waals surface area contributed by atoms with Gasteiger partial charge in [-0.2, -0.15) is 5.11 Å². The lowest BCUT2D eigenvalue weighted by Crippen LogP contribution is -2.68. The van der Waals surface area contributed by atoms with E-state index in [0.29, 0.717) is 29.8 Å². The number of nitrogens with zero attached hydrogens (tertiary/aromatic N) is 2. The van der Waals surface area contributed by atoms with E-state index in [4.69, 9.17) is 75.8 Å².